The molecule has 25 heavy (non-hydrogen) atoms. The second kappa shape index (κ2) is 6.37. The number of nitrogens with zero attached hydrogens (tertiary/aromatic N) is 2. The standard InChI is InChI=1S/C20H16ClFN2O/c21-16-7-3-14(4-8-16)19-18-2-1-11-23(18)12-13-24(19)20(25)15-5-9-17(22)10-6-15/h1-11,19H,12-13H2. The molecule has 1 aromatic heterocycles. The number of hydrogen-bond acceptors (Lipinski definition) is 1. The predicted molar refractivity (Wildman–Crippen MR) is 95.2 cm³/mol. The van der Waals surface area contributed by atoms with Crippen molar-refractivity contribution >= 4 is 17.5 Å². The molecule has 126 valence electrons. The highest BCUT2D eigenvalue weighted by Crippen LogP contribution is 2.34. The van der Waals surface area contributed by atoms with Crippen LogP contribution in [0.1, 0.15) is 27.7 Å². The zero-order valence-corrected chi connectivity index (χ0v) is 14.2. The maximum atomic E-state index is 13.2. The lowest BCUT2D eigenvalue weighted by molar-refractivity contribution is 0.0664. The first kappa shape index (κ1) is 15.9. The molecular formula is C20H16ClFN2O. The number of amides is 1. The number of benzene rings is 2. The molecule has 0 radical (unpaired) electrons. The van der Waals surface area contributed by atoms with E-state index in [0.29, 0.717) is 17.1 Å². The summed E-state index contributed by atoms with van der Waals surface area (Å²) in [6, 6.07) is 17.1. The first-order valence-electron chi connectivity index (χ1n) is 8.10. The van der Waals surface area contributed by atoms with E-state index in [1.54, 1.807) is 0 Å². The lowest BCUT2D eigenvalue weighted by Gasteiger charge is -2.37. The summed E-state index contributed by atoms with van der Waals surface area (Å²) < 4.78 is 15.3. The summed E-state index contributed by atoms with van der Waals surface area (Å²) in [6.45, 7) is 1.32. The lowest BCUT2D eigenvalue weighted by Crippen LogP contribution is -2.42. The van der Waals surface area contributed by atoms with E-state index in [2.05, 4.69) is 4.57 Å². The number of carbonyl (C=O) groups is 1. The number of fused-ring (bicyclic) bond motifs is 1. The summed E-state index contributed by atoms with van der Waals surface area (Å²) in [6.07, 6.45) is 2.03. The zero-order chi connectivity index (χ0) is 17.4. The van der Waals surface area contributed by atoms with Crippen LogP contribution in [0.2, 0.25) is 5.02 Å². The first-order valence-corrected chi connectivity index (χ1v) is 8.48. The van der Waals surface area contributed by atoms with E-state index in [1.165, 1.54) is 24.3 Å². The van der Waals surface area contributed by atoms with Crippen LogP contribution in [0.3, 0.4) is 0 Å². The van der Waals surface area contributed by atoms with E-state index >= 15 is 0 Å². The van der Waals surface area contributed by atoms with Gasteiger partial charge in [0.2, 0.25) is 0 Å². The molecule has 0 bridgehead atoms. The second-order valence-corrected chi connectivity index (χ2v) is 6.52. The number of hydrogen-bond donors (Lipinski definition) is 0. The van der Waals surface area contributed by atoms with Gasteiger partial charge in [0.05, 0.1) is 6.04 Å². The van der Waals surface area contributed by atoms with E-state index in [4.69, 9.17) is 11.6 Å². The Balaban J connectivity index is 1.76. The van der Waals surface area contributed by atoms with E-state index in [1.807, 2.05) is 47.5 Å². The average Bonchev–Trinajstić information content (AvgIpc) is 3.10. The van der Waals surface area contributed by atoms with Crippen molar-refractivity contribution in [1.82, 2.24) is 9.47 Å². The molecule has 2 aromatic carbocycles. The third-order valence-corrected chi connectivity index (χ3v) is 4.83. The van der Waals surface area contributed by atoms with Gasteiger partial charge in [-0.25, -0.2) is 4.39 Å². The Labute approximate surface area is 150 Å². The molecule has 4 rings (SSSR count). The van der Waals surface area contributed by atoms with Gasteiger partial charge in [-0.05, 0) is 54.1 Å². The fourth-order valence-corrected chi connectivity index (χ4v) is 3.48. The van der Waals surface area contributed by atoms with Crippen molar-refractivity contribution < 1.29 is 9.18 Å². The summed E-state index contributed by atoms with van der Waals surface area (Å²) in [5, 5.41) is 0.659. The van der Waals surface area contributed by atoms with Crippen LogP contribution in [0.5, 0.6) is 0 Å². The monoisotopic (exact) mass is 354 g/mol. The molecule has 5 heteroatoms. The molecule has 0 aliphatic carbocycles. The van der Waals surface area contributed by atoms with Gasteiger partial charge in [-0.1, -0.05) is 23.7 Å². The average molecular weight is 355 g/mol. The zero-order valence-electron chi connectivity index (χ0n) is 13.4. The Kier molecular flexibility index (Phi) is 4.06. The van der Waals surface area contributed by atoms with Crippen molar-refractivity contribution in [2.75, 3.05) is 6.54 Å². The minimum Gasteiger partial charge on any atom is -0.348 e. The van der Waals surface area contributed by atoms with Crippen molar-refractivity contribution in [1.29, 1.82) is 0 Å². The predicted octanol–water partition coefficient (Wildman–Crippen LogP) is 4.53. The molecule has 1 atom stereocenters. The van der Waals surface area contributed by atoms with Gasteiger partial charge in [-0.3, -0.25) is 4.79 Å². The Morgan fingerprint density at radius 1 is 1.00 bits per heavy atom. The molecule has 1 amide bonds. The quantitative estimate of drug-likeness (QED) is 0.664. The highest BCUT2D eigenvalue weighted by molar-refractivity contribution is 6.30. The van der Waals surface area contributed by atoms with E-state index in [9.17, 15) is 9.18 Å². The first-order chi connectivity index (χ1) is 12.1. The minimum atomic E-state index is -0.349. The summed E-state index contributed by atoms with van der Waals surface area (Å²) in [7, 11) is 0. The minimum absolute atomic E-state index is 0.104. The number of aromatic nitrogens is 1. The highest BCUT2D eigenvalue weighted by atomic mass is 35.5. The van der Waals surface area contributed by atoms with Crippen LogP contribution < -0.4 is 0 Å². The molecule has 3 aromatic rings. The van der Waals surface area contributed by atoms with Gasteiger partial charge in [0.1, 0.15) is 5.82 Å². The Morgan fingerprint density at radius 3 is 2.44 bits per heavy atom. The van der Waals surface area contributed by atoms with Crippen molar-refractivity contribution in [2.45, 2.75) is 12.6 Å². The lowest BCUT2D eigenvalue weighted by atomic mass is 9.99. The van der Waals surface area contributed by atoms with Gasteiger partial charge >= 0.3 is 0 Å². The number of carbonyl (C=O) groups excluding carboxylic acids is 1. The van der Waals surface area contributed by atoms with E-state index < -0.39 is 0 Å². The number of rotatable bonds is 2. The maximum absolute atomic E-state index is 13.2. The van der Waals surface area contributed by atoms with E-state index in [-0.39, 0.29) is 17.8 Å². The van der Waals surface area contributed by atoms with Crippen molar-refractivity contribution in [3.8, 4) is 0 Å². The van der Waals surface area contributed by atoms with Crippen LogP contribution in [0.4, 0.5) is 4.39 Å². The molecule has 1 aliphatic heterocycles. The van der Waals surface area contributed by atoms with E-state index in [0.717, 1.165) is 17.8 Å². The fraction of sp³-hybridized carbons (Fsp3) is 0.150. The normalized spacial score (nSPS) is 16.6. The van der Waals surface area contributed by atoms with Gasteiger partial charge in [0.25, 0.3) is 5.91 Å². The SMILES string of the molecule is O=C(c1ccc(F)cc1)N1CCn2cccc2C1c1ccc(Cl)cc1. The smallest absolute Gasteiger partial charge is 0.254 e. The highest BCUT2D eigenvalue weighted by Gasteiger charge is 2.32. The van der Waals surface area contributed by atoms with Crippen molar-refractivity contribution in [2.24, 2.45) is 0 Å². The van der Waals surface area contributed by atoms with Gasteiger partial charge < -0.3 is 9.47 Å². The largest absolute Gasteiger partial charge is 0.348 e. The van der Waals surface area contributed by atoms with Crippen LogP contribution >= 0.6 is 11.6 Å². The molecule has 0 saturated carbocycles. The Bertz CT molecular complexity index is 902. The maximum Gasteiger partial charge on any atom is 0.254 e. The Morgan fingerprint density at radius 2 is 1.72 bits per heavy atom. The molecule has 0 spiro atoms. The van der Waals surface area contributed by atoms with Crippen molar-refractivity contribution in [3.63, 3.8) is 0 Å². The second-order valence-electron chi connectivity index (χ2n) is 6.09. The Hall–Kier alpha value is -2.59. The summed E-state index contributed by atoms with van der Waals surface area (Å²) in [4.78, 5) is 14.9. The third kappa shape index (κ3) is 2.94. The van der Waals surface area contributed by atoms with Crippen LogP contribution in [0.15, 0.2) is 66.9 Å². The number of halogens is 2. The van der Waals surface area contributed by atoms with Gasteiger partial charge in [0, 0.05) is 35.6 Å². The van der Waals surface area contributed by atoms with Gasteiger partial charge in [0.15, 0.2) is 0 Å². The molecule has 1 unspecified atom stereocenters. The topological polar surface area (TPSA) is 25.2 Å². The molecule has 2 heterocycles. The van der Waals surface area contributed by atoms with Crippen molar-refractivity contribution in [3.05, 3.63) is 94.5 Å². The van der Waals surface area contributed by atoms with Crippen LogP contribution in [-0.4, -0.2) is 21.9 Å². The molecule has 1 aliphatic rings. The summed E-state index contributed by atoms with van der Waals surface area (Å²) in [5.41, 5.74) is 2.55. The van der Waals surface area contributed by atoms with Gasteiger partial charge in [-0.15, -0.1) is 0 Å². The third-order valence-electron chi connectivity index (χ3n) is 4.58. The van der Waals surface area contributed by atoms with Crippen LogP contribution in [0, 0.1) is 5.82 Å². The molecule has 3 nitrogen and oxygen atoms in total. The molecular weight excluding hydrogens is 339 g/mol. The van der Waals surface area contributed by atoms with Gasteiger partial charge in [-0.2, -0.15) is 0 Å². The fourth-order valence-electron chi connectivity index (χ4n) is 3.36. The molecule has 0 saturated heterocycles. The van der Waals surface area contributed by atoms with Crippen LogP contribution in [-0.2, 0) is 6.54 Å². The molecule has 0 N–H and O–H groups in total. The summed E-state index contributed by atoms with van der Waals surface area (Å²) in [5.74, 6) is -0.453. The molecule has 0 fully saturated rings. The summed E-state index contributed by atoms with van der Waals surface area (Å²) >= 11 is 6.02. The van der Waals surface area contributed by atoms with Crippen LogP contribution in [0.25, 0.3) is 0 Å².